The first-order valence-corrected chi connectivity index (χ1v) is 13.1. The highest BCUT2D eigenvalue weighted by molar-refractivity contribution is 5.96. The number of aromatic nitrogens is 3. The number of carbonyl (C=O) groups excluding carboxylic acids is 3. The van der Waals surface area contributed by atoms with Gasteiger partial charge in [0.25, 0.3) is 11.8 Å². The molecule has 38 heavy (non-hydrogen) atoms. The van der Waals surface area contributed by atoms with Gasteiger partial charge in [-0.1, -0.05) is 0 Å². The lowest BCUT2D eigenvalue weighted by Crippen LogP contribution is -2.41. The summed E-state index contributed by atoms with van der Waals surface area (Å²) in [6.45, 7) is 8.05. The summed E-state index contributed by atoms with van der Waals surface area (Å²) in [6, 6.07) is 3.55. The number of ether oxygens (including phenoxy) is 1. The molecule has 2 aliphatic heterocycles. The number of hydrogen-bond acceptors (Lipinski definition) is 7. The molecule has 1 saturated heterocycles. The van der Waals surface area contributed by atoms with Crippen LogP contribution in [0.5, 0.6) is 0 Å². The Hall–Kier alpha value is -3.89. The zero-order valence-electron chi connectivity index (χ0n) is 21.9. The molecule has 11 heteroatoms. The second-order valence-electron chi connectivity index (χ2n) is 11.7. The monoisotopic (exact) mass is 520 g/mol. The molecule has 1 unspecified atom stereocenters. The first-order chi connectivity index (χ1) is 18.1. The van der Waals surface area contributed by atoms with Crippen molar-refractivity contribution < 1.29 is 23.5 Å². The van der Waals surface area contributed by atoms with Gasteiger partial charge in [0.05, 0.1) is 25.0 Å². The number of nitrogens with zero attached hydrogens (tertiary/aromatic N) is 4. The van der Waals surface area contributed by atoms with Gasteiger partial charge in [-0.25, -0.2) is 4.79 Å². The quantitative estimate of drug-likeness (QED) is 0.538. The van der Waals surface area contributed by atoms with Crippen LogP contribution in [-0.2, 0) is 17.8 Å². The number of piperidine rings is 1. The number of carbonyl (C=O) groups is 3. The van der Waals surface area contributed by atoms with Gasteiger partial charge in [-0.05, 0) is 63.5 Å². The van der Waals surface area contributed by atoms with Gasteiger partial charge in [0.1, 0.15) is 5.60 Å². The van der Waals surface area contributed by atoms with Gasteiger partial charge < -0.3 is 19.4 Å². The molecule has 200 valence electrons. The van der Waals surface area contributed by atoms with Crippen LogP contribution in [0, 0.1) is 11.3 Å². The fourth-order valence-electron chi connectivity index (χ4n) is 5.71. The minimum absolute atomic E-state index is 0.103. The third-order valence-electron chi connectivity index (χ3n) is 7.97. The number of hydrogen-bond donors (Lipinski definition) is 2. The van der Waals surface area contributed by atoms with Gasteiger partial charge >= 0.3 is 6.09 Å². The molecule has 3 aliphatic rings. The van der Waals surface area contributed by atoms with Crippen molar-refractivity contribution in [2.45, 2.75) is 58.7 Å². The summed E-state index contributed by atoms with van der Waals surface area (Å²) in [5, 5.41) is 11.1. The maximum Gasteiger partial charge on any atom is 0.410 e. The number of nitrogens with one attached hydrogen (secondary N) is 2. The Morgan fingerprint density at radius 3 is 2.74 bits per heavy atom. The smallest absolute Gasteiger partial charge is 0.410 e. The van der Waals surface area contributed by atoms with E-state index in [1.54, 1.807) is 23.4 Å². The number of rotatable bonds is 4. The molecular formula is C27H32N6O5. The lowest BCUT2D eigenvalue weighted by atomic mass is 9.90. The van der Waals surface area contributed by atoms with Crippen LogP contribution < -0.4 is 5.32 Å². The molecule has 2 fully saturated rings. The zero-order valence-corrected chi connectivity index (χ0v) is 21.9. The minimum Gasteiger partial charge on any atom is -0.449 e. The SMILES string of the molecule is CC(C)(C)OC(=O)N1Cc2[nH]nc(C(=O)N3CCC4(CC3)CC4CNC(=O)c3cc4ccncc4o3)c2C1. The molecule has 5 heterocycles. The standard InChI is InChI=1S/C27H32N6O5/c1-26(2,3)38-25(36)33-14-18-19(15-33)30-31-22(18)24(35)32-8-5-27(6-9-32)11-17(27)12-29-23(34)20-10-16-4-7-28-13-21(16)37-20/h4,7,10,13,17H,5-6,8-9,11-12,14-15H2,1-3H3,(H,29,34)(H,30,31). The Balaban J connectivity index is 1.01. The number of H-pyrrole nitrogens is 1. The summed E-state index contributed by atoms with van der Waals surface area (Å²) >= 11 is 0. The Morgan fingerprint density at radius 2 is 2.00 bits per heavy atom. The molecule has 1 atom stereocenters. The van der Waals surface area contributed by atoms with Gasteiger partial charge in [0.15, 0.2) is 17.0 Å². The average molecular weight is 521 g/mol. The van der Waals surface area contributed by atoms with E-state index in [0.717, 1.165) is 35.9 Å². The molecule has 3 aromatic heterocycles. The second kappa shape index (κ2) is 8.85. The van der Waals surface area contributed by atoms with Crippen molar-refractivity contribution in [2.24, 2.45) is 11.3 Å². The van der Waals surface area contributed by atoms with E-state index in [1.165, 1.54) is 0 Å². The van der Waals surface area contributed by atoms with Crippen molar-refractivity contribution in [1.82, 2.24) is 30.3 Å². The van der Waals surface area contributed by atoms with Crippen molar-refractivity contribution in [3.63, 3.8) is 0 Å². The summed E-state index contributed by atoms with van der Waals surface area (Å²) < 4.78 is 11.1. The van der Waals surface area contributed by atoms with Gasteiger partial charge in [0, 0.05) is 36.8 Å². The maximum absolute atomic E-state index is 13.3. The summed E-state index contributed by atoms with van der Waals surface area (Å²) in [6.07, 6.45) is 5.71. The predicted molar refractivity (Wildman–Crippen MR) is 136 cm³/mol. The zero-order chi connectivity index (χ0) is 26.7. The Bertz CT molecular complexity index is 1380. The fraction of sp³-hybridized carbons (Fsp3) is 0.519. The number of furan rings is 1. The van der Waals surface area contributed by atoms with Gasteiger partial charge in [0.2, 0.25) is 0 Å². The topological polar surface area (TPSA) is 134 Å². The summed E-state index contributed by atoms with van der Waals surface area (Å²) in [7, 11) is 0. The summed E-state index contributed by atoms with van der Waals surface area (Å²) in [5.74, 6) is 0.364. The molecule has 2 N–H and O–H groups in total. The molecule has 6 rings (SSSR count). The lowest BCUT2D eigenvalue weighted by molar-refractivity contribution is 0.0238. The molecule has 0 radical (unpaired) electrons. The van der Waals surface area contributed by atoms with Gasteiger partial charge in [-0.2, -0.15) is 5.10 Å². The van der Waals surface area contributed by atoms with E-state index in [2.05, 4.69) is 20.5 Å². The summed E-state index contributed by atoms with van der Waals surface area (Å²) in [4.78, 5) is 45.9. The number of likely N-dealkylation sites (tertiary alicyclic amines) is 1. The van der Waals surface area contributed by atoms with Crippen molar-refractivity contribution in [2.75, 3.05) is 19.6 Å². The van der Waals surface area contributed by atoms with Crippen molar-refractivity contribution in [3.8, 4) is 0 Å². The minimum atomic E-state index is -0.581. The summed E-state index contributed by atoms with van der Waals surface area (Å²) in [5.41, 5.74) is 2.13. The van der Waals surface area contributed by atoms with Crippen LogP contribution in [0.15, 0.2) is 28.9 Å². The van der Waals surface area contributed by atoms with Crippen LogP contribution in [0.25, 0.3) is 11.0 Å². The maximum atomic E-state index is 13.3. The van der Waals surface area contributed by atoms with E-state index in [0.29, 0.717) is 55.7 Å². The molecule has 3 aromatic rings. The predicted octanol–water partition coefficient (Wildman–Crippen LogP) is 3.47. The van der Waals surface area contributed by atoms with E-state index >= 15 is 0 Å². The van der Waals surface area contributed by atoms with Crippen LogP contribution in [-0.4, -0.2) is 68.1 Å². The number of fused-ring (bicyclic) bond motifs is 2. The first kappa shape index (κ1) is 24.4. The number of pyridine rings is 1. The van der Waals surface area contributed by atoms with Crippen LogP contribution in [0.2, 0.25) is 0 Å². The molecule has 0 bridgehead atoms. The van der Waals surface area contributed by atoms with Crippen LogP contribution in [0.1, 0.15) is 72.3 Å². The van der Waals surface area contributed by atoms with Crippen LogP contribution in [0.4, 0.5) is 4.79 Å². The highest BCUT2D eigenvalue weighted by atomic mass is 16.6. The normalized spacial score (nSPS) is 20.0. The van der Waals surface area contributed by atoms with E-state index < -0.39 is 11.7 Å². The first-order valence-electron chi connectivity index (χ1n) is 13.1. The third kappa shape index (κ3) is 4.50. The van der Waals surface area contributed by atoms with E-state index in [4.69, 9.17) is 9.15 Å². The molecule has 3 amide bonds. The second-order valence-corrected chi connectivity index (χ2v) is 11.7. The molecule has 1 aliphatic carbocycles. The highest BCUT2D eigenvalue weighted by Gasteiger charge is 2.55. The van der Waals surface area contributed by atoms with Crippen molar-refractivity contribution in [3.05, 3.63) is 47.2 Å². The molecule has 1 saturated carbocycles. The molecule has 0 aromatic carbocycles. The number of amides is 3. The third-order valence-corrected chi connectivity index (χ3v) is 7.97. The molecule has 11 nitrogen and oxygen atoms in total. The number of aromatic amines is 1. The van der Waals surface area contributed by atoms with Crippen LogP contribution in [0.3, 0.4) is 0 Å². The highest BCUT2D eigenvalue weighted by Crippen LogP contribution is 2.59. The Kier molecular flexibility index (Phi) is 5.69. The van der Waals surface area contributed by atoms with E-state index in [-0.39, 0.29) is 17.2 Å². The largest absolute Gasteiger partial charge is 0.449 e. The average Bonchev–Trinajstić information content (AvgIpc) is 3.25. The lowest BCUT2D eigenvalue weighted by Gasteiger charge is -2.33. The van der Waals surface area contributed by atoms with E-state index in [9.17, 15) is 14.4 Å². The molecular weight excluding hydrogens is 488 g/mol. The van der Waals surface area contributed by atoms with Crippen molar-refractivity contribution >= 4 is 28.9 Å². The van der Waals surface area contributed by atoms with Gasteiger partial charge in [-0.15, -0.1) is 0 Å². The molecule has 1 spiro atoms. The van der Waals surface area contributed by atoms with Crippen LogP contribution >= 0.6 is 0 Å². The van der Waals surface area contributed by atoms with E-state index in [1.807, 2.05) is 31.7 Å². The van der Waals surface area contributed by atoms with Crippen molar-refractivity contribution in [1.29, 1.82) is 0 Å². The fourth-order valence-corrected chi connectivity index (χ4v) is 5.71. The van der Waals surface area contributed by atoms with Gasteiger partial charge in [-0.3, -0.25) is 24.6 Å². The Morgan fingerprint density at radius 1 is 1.21 bits per heavy atom. The Labute approximate surface area is 219 Å².